The van der Waals surface area contributed by atoms with Crippen LogP contribution >= 0.6 is 0 Å². The number of aromatic hydroxyl groups is 1. The fourth-order valence-electron chi connectivity index (χ4n) is 3.53. The van der Waals surface area contributed by atoms with Crippen LogP contribution in [0.4, 0.5) is 0 Å². The summed E-state index contributed by atoms with van der Waals surface area (Å²) in [4.78, 5) is 12.2. The van der Waals surface area contributed by atoms with Gasteiger partial charge >= 0.3 is 0 Å². The van der Waals surface area contributed by atoms with Gasteiger partial charge in [-0.05, 0) is 50.3 Å². The SMILES string of the molecule is CCCCCCCCC=CCCCCCCCCC(=O)c1ccc(O)c(OC)c1. The second-order valence-electron chi connectivity index (χ2n) is 8.00. The van der Waals surface area contributed by atoms with Crippen LogP contribution in [0.3, 0.4) is 0 Å². The average Bonchev–Trinajstić information content (AvgIpc) is 2.73. The normalized spacial score (nSPS) is 11.2. The fraction of sp³-hybridized carbons (Fsp3) is 0.654. The minimum atomic E-state index is 0.0707. The van der Waals surface area contributed by atoms with Gasteiger partial charge < -0.3 is 9.84 Å². The first-order valence-corrected chi connectivity index (χ1v) is 11.7. The number of carbonyl (C=O) groups is 1. The van der Waals surface area contributed by atoms with Gasteiger partial charge in [0, 0.05) is 12.0 Å². The molecule has 0 aliphatic rings. The third-order valence-corrected chi connectivity index (χ3v) is 5.42. The Morgan fingerprint density at radius 2 is 1.41 bits per heavy atom. The van der Waals surface area contributed by atoms with E-state index in [1.807, 2.05) is 0 Å². The van der Waals surface area contributed by atoms with E-state index in [0.29, 0.717) is 17.7 Å². The number of hydrogen-bond acceptors (Lipinski definition) is 3. The van der Waals surface area contributed by atoms with Crippen molar-refractivity contribution in [3.05, 3.63) is 35.9 Å². The van der Waals surface area contributed by atoms with E-state index in [2.05, 4.69) is 19.1 Å². The van der Waals surface area contributed by atoms with Gasteiger partial charge in [0.25, 0.3) is 0 Å². The minimum absolute atomic E-state index is 0.0707. The van der Waals surface area contributed by atoms with E-state index in [1.165, 1.54) is 90.2 Å². The van der Waals surface area contributed by atoms with Crippen LogP contribution in [0.25, 0.3) is 0 Å². The van der Waals surface area contributed by atoms with E-state index in [4.69, 9.17) is 4.74 Å². The van der Waals surface area contributed by atoms with Gasteiger partial charge in [-0.25, -0.2) is 0 Å². The lowest BCUT2D eigenvalue weighted by Gasteiger charge is -2.06. The van der Waals surface area contributed by atoms with Crippen LogP contribution in [-0.2, 0) is 0 Å². The molecule has 0 fully saturated rings. The lowest BCUT2D eigenvalue weighted by molar-refractivity contribution is 0.0978. The molecule has 0 aliphatic heterocycles. The highest BCUT2D eigenvalue weighted by atomic mass is 16.5. The molecule has 0 saturated carbocycles. The van der Waals surface area contributed by atoms with E-state index in [9.17, 15) is 9.90 Å². The van der Waals surface area contributed by atoms with Crippen molar-refractivity contribution in [3.8, 4) is 11.5 Å². The van der Waals surface area contributed by atoms with Gasteiger partial charge in [-0.1, -0.05) is 76.9 Å². The van der Waals surface area contributed by atoms with Crippen LogP contribution < -0.4 is 4.74 Å². The van der Waals surface area contributed by atoms with Gasteiger partial charge in [0.2, 0.25) is 0 Å². The van der Waals surface area contributed by atoms with Crippen molar-refractivity contribution in [1.82, 2.24) is 0 Å². The molecule has 1 rings (SSSR count). The number of carbonyl (C=O) groups excluding carboxylic acids is 1. The number of phenols is 1. The zero-order chi connectivity index (χ0) is 21.2. The number of phenolic OH excluding ortho intramolecular Hbond substituents is 1. The molecule has 0 spiro atoms. The highest BCUT2D eigenvalue weighted by molar-refractivity contribution is 5.96. The Labute approximate surface area is 178 Å². The number of unbranched alkanes of at least 4 members (excludes halogenated alkanes) is 12. The number of allylic oxidation sites excluding steroid dienone is 2. The molecule has 0 amide bonds. The molecule has 0 unspecified atom stereocenters. The molecule has 1 aromatic carbocycles. The molecule has 29 heavy (non-hydrogen) atoms. The smallest absolute Gasteiger partial charge is 0.163 e. The van der Waals surface area contributed by atoms with Gasteiger partial charge in [-0.3, -0.25) is 4.79 Å². The minimum Gasteiger partial charge on any atom is -0.504 e. The zero-order valence-electron chi connectivity index (χ0n) is 18.8. The first-order chi connectivity index (χ1) is 14.2. The molecule has 0 heterocycles. The number of methoxy groups -OCH3 is 1. The van der Waals surface area contributed by atoms with E-state index >= 15 is 0 Å². The second kappa shape index (κ2) is 17.1. The summed E-state index contributed by atoms with van der Waals surface area (Å²) in [6.45, 7) is 2.27. The molecule has 0 radical (unpaired) electrons. The molecule has 0 saturated heterocycles. The van der Waals surface area contributed by atoms with Crippen LogP contribution in [0, 0.1) is 0 Å². The number of rotatable bonds is 18. The molecule has 0 atom stereocenters. The monoisotopic (exact) mass is 402 g/mol. The molecule has 1 N–H and O–H groups in total. The predicted octanol–water partition coefficient (Wildman–Crippen LogP) is 8.01. The van der Waals surface area contributed by atoms with E-state index in [0.717, 1.165) is 12.8 Å². The molecule has 3 heteroatoms. The number of hydrogen-bond donors (Lipinski definition) is 1. The number of ether oxygens (including phenoxy) is 1. The molecule has 1 aromatic rings. The van der Waals surface area contributed by atoms with Gasteiger partial charge in [0.05, 0.1) is 7.11 Å². The van der Waals surface area contributed by atoms with Crippen molar-refractivity contribution >= 4 is 5.78 Å². The Kier molecular flexibility index (Phi) is 14.9. The van der Waals surface area contributed by atoms with E-state index in [-0.39, 0.29) is 11.5 Å². The number of ketones is 1. The summed E-state index contributed by atoms with van der Waals surface area (Å²) in [7, 11) is 1.49. The molecular formula is C26H42O3. The standard InChI is InChI=1S/C26H42O3/c1-3-4-5-6-7-8-9-10-11-12-13-14-15-16-17-18-19-24(27)23-20-21-25(28)26(22-23)29-2/h10-11,20-22,28H,3-9,12-19H2,1-2H3. The first-order valence-electron chi connectivity index (χ1n) is 11.7. The summed E-state index contributed by atoms with van der Waals surface area (Å²) >= 11 is 0. The maximum absolute atomic E-state index is 12.2. The Hall–Kier alpha value is -1.77. The van der Waals surface area contributed by atoms with Crippen molar-refractivity contribution in [2.24, 2.45) is 0 Å². The highest BCUT2D eigenvalue weighted by Gasteiger charge is 2.09. The molecule has 3 nitrogen and oxygen atoms in total. The summed E-state index contributed by atoms with van der Waals surface area (Å²) in [5, 5.41) is 9.60. The van der Waals surface area contributed by atoms with Crippen molar-refractivity contribution in [1.29, 1.82) is 0 Å². The number of benzene rings is 1. The lowest BCUT2D eigenvalue weighted by atomic mass is 10.0. The molecule has 0 bridgehead atoms. The van der Waals surface area contributed by atoms with E-state index < -0.39 is 0 Å². The van der Waals surface area contributed by atoms with Gasteiger partial charge in [0.1, 0.15) is 0 Å². The quantitative estimate of drug-likeness (QED) is 0.154. The van der Waals surface area contributed by atoms with E-state index in [1.54, 1.807) is 12.1 Å². The fourth-order valence-corrected chi connectivity index (χ4v) is 3.53. The highest BCUT2D eigenvalue weighted by Crippen LogP contribution is 2.27. The topological polar surface area (TPSA) is 46.5 Å². The largest absolute Gasteiger partial charge is 0.504 e. The summed E-state index contributed by atoms with van der Waals surface area (Å²) < 4.78 is 5.06. The average molecular weight is 403 g/mol. The van der Waals surface area contributed by atoms with Crippen LogP contribution in [0.2, 0.25) is 0 Å². The van der Waals surface area contributed by atoms with Gasteiger partial charge in [-0.15, -0.1) is 0 Å². The zero-order valence-corrected chi connectivity index (χ0v) is 18.8. The maximum atomic E-state index is 12.2. The summed E-state index contributed by atoms with van der Waals surface area (Å²) in [5.41, 5.74) is 0.618. The first kappa shape index (κ1) is 25.3. The lowest BCUT2D eigenvalue weighted by Crippen LogP contribution is -1.99. The Bertz CT molecular complexity index is 577. The molecule has 164 valence electrons. The van der Waals surface area contributed by atoms with Crippen LogP contribution in [0.5, 0.6) is 11.5 Å². The Morgan fingerprint density at radius 1 is 0.862 bits per heavy atom. The third-order valence-electron chi connectivity index (χ3n) is 5.42. The van der Waals surface area contributed by atoms with Gasteiger partial charge in [0.15, 0.2) is 17.3 Å². The number of Topliss-reactive ketones (excluding diaryl/α,β-unsaturated/α-hetero) is 1. The third kappa shape index (κ3) is 12.4. The maximum Gasteiger partial charge on any atom is 0.163 e. The van der Waals surface area contributed by atoms with Crippen LogP contribution in [0.15, 0.2) is 30.4 Å². The van der Waals surface area contributed by atoms with Crippen LogP contribution in [0.1, 0.15) is 114 Å². The molecular weight excluding hydrogens is 360 g/mol. The predicted molar refractivity (Wildman–Crippen MR) is 123 cm³/mol. The molecule has 0 aliphatic carbocycles. The summed E-state index contributed by atoms with van der Waals surface area (Å²) in [5.74, 6) is 0.553. The summed E-state index contributed by atoms with van der Waals surface area (Å²) in [6, 6.07) is 4.81. The Morgan fingerprint density at radius 3 is 2.00 bits per heavy atom. The van der Waals surface area contributed by atoms with Crippen molar-refractivity contribution in [2.75, 3.05) is 7.11 Å². The van der Waals surface area contributed by atoms with Crippen molar-refractivity contribution in [3.63, 3.8) is 0 Å². The summed E-state index contributed by atoms with van der Waals surface area (Å²) in [6.07, 6.45) is 23.0. The second-order valence-corrected chi connectivity index (χ2v) is 8.00. The van der Waals surface area contributed by atoms with Crippen molar-refractivity contribution < 1.29 is 14.6 Å². The Balaban J connectivity index is 1.94. The molecule has 0 aromatic heterocycles. The van der Waals surface area contributed by atoms with Crippen molar-refractivity contribution in [2.45, 2.75) is 103 Å². The van der Waals surface area contributed by atoms with Gasteiger partial charge in [-0.2, -0.15) is 0 Å². The van der Waals surface area contributed by atoms with Crippen LogP contribution in [-0.4, -0.2) is 18.0 Å².